The van der Waals surface area contributed by atoms with Gasteiger partial charge in [0.25, 0.3) is 5.56 Å². The Kier molecular flexibility index (Phi) is 5.93. The van der Waals surface area contributed by atoms with Crippen molar-refractivity contribution >= 4 is 40.6 Å². The van der Waals surface area contributed by atoms with Gasteiger partial charge in [-0.25, -0.2) is 4.98 Å². The minimum absolute atomic E-state index is 0.105. The number of fused-ring (bicyclic) bond motifs is 1. The number of thioether (sulfide) groups is 1. The first kappa shape index (κ1) is 21.7. The van der Waals surface area contributed by atoms with E-state index in [4.69, 9.17) is 23.2 Å². The molecule has 0 aliphatic rings. The van der Waals surface area contributed by atoms with Gasteiger partial charge in [-0.3, -0.25) is 13.8 Å². The Morgan fingerprint density at radius 2 is 1.76 bits per heavy atom. The molecule has 0 aliphatic carbocycles. The number of hydrogen-bond acceptors (Lipinski definition) is 5. The van der Waals surface area contributed by atoms with Crippen molar-refractivity contribution in [1.29, 1.82) is 0 Å². The Labute approximate surface area is 203 Å². The average Bonchev–Trinajstić information content (AvgIpc) is 3.22. The quantitative estimate of drug-likeness (QED) is 0.287. The minimum atomic E-state index is -0.105. The lowest BCUT2D eigenvalue weighted by atomic mass is 10.2. The van der Waals surface area contributed by atoms with Gasteiger partial charge in [-0.2, -0.15) is 0 Å². The first-order valence-corrected chi connectivity index (χ1v) is 11.8. The molecule has 0 N–H and O–H groups in total. The van der Waals surface area contributed by atoms with Crippen LogP contribution in [0, 0.1) is 6.92 Å². The largest absolute Gasteiger partial charge is 0.270 e. The van der Waals surface area contributed by atoms with E-state index in [2.05, 4.69) is 15.2 Å². The molecule has 0 atom stereocenters. The van der Waals surface area contributed by atoms with Gasteiger partial charge in [0.05, 0.1) is 10.7 Å². The summed E-state index contributed by atoms with van der Waals surface area (Å²) in [6.07, 6.45) is 0. The van der Waals surface area contributed by atoms with E-state index in [1.165, 1.54) is 11.8 Å². The van der Waals surface area contributed by atoms with Crippen LogP contribution >= 0.6 is 35.0 Å². The molecule has 0 radical (unpaired) electrons. The predicted octanol–water partition coefficient (Wildman–Crippen LogP) is 5.85. The Balaban J connectivity index is 1.55. The first-order valence-electron chi connectivity index (χ1n) is 10.1. The highest BCUT2D eigenvalue weighted by molar-refractivity contribution is 7.98. The maximum absolute atomic E-state index is 12.6. The zero-order valence-corrected chi connectivity index (χ0v) is 19.8. The van der Waals surface area contributed by atoms with E-state index < -0.39 is 0 Å². The van der Waals surface area contributed by atoms with E-state index in [0.717, 1.165) is 16.9 Å². The summed E-state index contributed by atoms with van der Waals surface area (Å²) in [5, 5.41) is 10.5. The second-order valence-electron chi connectivity index (χ2n) is 7.34. The fourth-order valence-corrected chi connectivity index (χ4v) is 4.93. The summed E-state index contributed by atoms with van der Waals surface area (Å²) in [4.78, 5) is 17.3. The number of rotatable bonds is 5. The van der Waals surface area contributed by atoms with E-state index in [1.54, 1.807) is 22.6 Å². The van der Waals surface area contributed by atoms with Crippen LogP contribution in [0.1, 0.15) is 11.4 Å². The molecule has 6 nitrogen and oxygen atoms in total. The van der Waals surface area contributed by atoms with E-state index in [-0.39, 0.29) is 5.56 Å². The topological polar surface area (TPSA) is 65.1 Å². The third-order valence-electron chi connectivity index (χ3n) is 5.10. The third-order valence-corrected chi connectivity index (χ3v) is 6.61. The molecule has 5 aromatic rings. The Hall–Kier alpha value is -3.13. The molecular formula is C24H17Cl2N5OS. The van der Waals surface area contributed by atoms with Crippen molar-refractivity contribution in [2.24, 2.45) is 0 Å². The SMILES string of the molecule is Cc1cccc2nc(CSc3nnc(-c4ccc(Cl)cc4Cl)n3-c3ccccc3)cc(=O)n12. The number of para-hydroxylation sites is 1. The molecule has 3 aromatic heterocycles. The Morgan fingerprint density at radius 1 is 0.939 bits per heavy atom. The van der Waals surface area contributed by atoms with Crippen LogP contribution in [0.25, 0.3) is 22.7 Å². The van der Waals surface area contributed by atoms with Crippen molar-refractivity contribution < 1.29 is 0 Å². The summed E-state index contributed by atoms with van der Waals surface area (Å²) in [5.41, 5.74) is 3.65. The van der Waals surface area contributed by atoms with Gasteiger partial charge in [-0.05, 0) is 49.4 Å². The van der Waals surface area contributed by atoms with Crippen LogP contribution in [-0.2, 0) is 5.75 Å². The number of benzene rings is 2. The highest BCUT2D eigenvalue weighted by Gasteiger charge is 2.19. The molecule has 0 saturated heterocycles. The maximum Gasteiger partial charge on any atom is 0.258 e. The van der Waals surface area contributed by atoms with Gasteiger partial charge >= 0.3 is 0 Å². The van der Waals surface area contributed by atoms with Crippen LogP contribution in [0.5, 0.6) is 0 Å². The molecular weight excluding hydrogens is 477 g/mol. The zero-order chi connectivity index (χ0) is 22.9. The molecule has 2 aromatic carbocycles. The van der Waals surface area contributed by atoms with Crippen molar-refractivity contribution in [3.8, 4) is 17.1 Å². The molecule has 0 aliphatic heterocycles. The molecule has 9 heteroatoms. The number of aryl methyl sites for hydroxylation is 1. The summed E-state index contributed by atoms with van der Waals surface area (Å²) in [6, 6.07) is 22.3. The Morgan fingerprint density at radius 3 is 2.55 bits per heavy atom. The van der Waals surface area contributed by atoms with Crippen LogP contribution < -0.4 is 5.56 Å². The maximum atomic E-state index is 12.6. The summed E-state index contributed by atoms with van der Waals surface area (Å²) in [7, 11) is 0. The molecule has 3 heterocycles. The highest BCUT2D eigenvalue weighted by atomic mass is 35.5. The van der Waals surface area contributed by atoms with Crippen molar-refractivity contribution in [2.75, 3.05) is 0 Å². The summed E-state index contributed by atoms with van der Waals surface area (Å²) in [5.74, 6) is 1.06. The number of pyridine rings is 1. The normalized spacial score (nSPS) is 11.2. The van der Waals surface area contributed by atoms with Crippen LogP contribution in [0.15, 0.2) is 82.7 Å². The van der Waals surface area contributed by atoms with Crippen molar-refractivity contribution in [2.45, 2.75) is 17.8 Å². The highest BCUT2D eigenvalue weighted by Crippen LogP contribution is 2.34. The minimum Gasteiger partial charge on any atom is -0.270 e. The fraction of sp³-hybridized carbons (Fsp3) is 0.0833. The van der Waals surface area contributed by atoms with Crippen molar-refractivity contribution in [3.05, 3.63) is 105 Å². The molecule has 0 saturated carbocycles. The summed E-state index contributed by atoms with van der Waals surface area (Å²) < 4.78 is 3.54. The van der Waals surface area contributed by atoms with Gasteiger partial charge in [-0.1, -0.05) is 59.2 Å². The van der Waals surface area contributed by atoms with Gasteiger partial charge in [0.1, 0.15) is 5.65 Å². The van der Waals surface area contributed by atoms with Crippen LogP contribution in [-0.4, -0.2) is 24.1 Å². The summed E-state index contributed by atoms with van der Waals surface area (Å²) >= 11 is 14.0. The number of halogens is 2. The lowest BCUT2D eigenvalue weighted by Gasteiger charge is -2.11. The van der Waals surface area contributed by atoms with Crippen LogP contribution in [0.4, 0.5) is 0 Å². The molecule has 33 heavy (non-hydrogen) atoms. The fourth-order valence-electron chi connectivity index (χ4n) is 3.59. The van der Waals surface area contributed by atoms with Gasteiger partial charge in [0, 0.05) is 33.8 Å². The number of nitrogens with zero attached hydrogens (tertiary/aromatic N) is 5. The zero-order valence-electron chi connectivity index (χ0n) is 17.4. The van der Waals surface area contributed by atoms with Crippen LogP contribution in [0.3, 0.4) is 0 Å². The third kappa shape index (κ3) is 4.27. The van der Waals surface area contributed by atoms with Crippen molar-refractivity contribution in [3.63, 3.8) is 0 Å². The first-order chi connectivity index (χ1) is 16.0. The molecule has 0 bridgehead atoms. The molecule has 0 spiro atoms. The molecule has 0 fully saturated rings. The smallest absolute Gasteiger partial charge is 0.258 e. The van der Waals surface area contributed by atoms with Gasteiger partial charge in [-0.15, -0.1) is 10.2 Å². The second-order valence-corrected chi connectivity index (χ2v) is 9.12. The lowest BCUT2D eigenvalue weighted by Crippen LogP contribution is -2.17. The van der Waals surface area contributed by atoms with Gasteiger partial charge in [0.2, 0.25) is 0 Å². The molecule has 164 valence electrons. The molecule has 0 amide bonds. The van der Waals surface area contributed by atoms with E-state index in [0.29, 0.717) is 38.1 Å². The standard InChI is InChI=1S/C24H17Cl2N5OS/c1-15-6-5-9-21-27-17(13-22(32)30(15)21)14-33-24-29-28-23(19-11-10-16(25)12-20(19)26)31(24)18-7-3-2-4-8-18/h2-13H,14H2,1H3. The monoisotopic (exact) mass is 493 g/mol. The summed E-state index contributed by atoms with van der Waals surface area (Å²) in [6.45, 7) is 1.89. The molecule has 5 rings (SSSR count). The average molecular weight is 494 g/mol. The number of hydrogen-bond donors (Lipinski definition) is 0. The molecule has 0 unspecified atom stereocenters. The predicted molar refractivity (Wildman–Crippen MR) is 133 cm³/mol. The second kappa shape index (κ2) is 9.02. The van der Waals surface area contributed by atoms with E-state index in [9.17, 15) is 4.79 Å². The lowest BCUT2D eigenvalue weighted by molar-refractivity contribution is 0.884. The van der Waals surface area contributed by atoms with Gasteiger partial charge in [0.15, 0.2) is 11.0 Å². The van der Waals surface area contributed by atoms with Crippen molar-refractivity contribution in [1.82, 2.24) is 24.1 Å². The van der Waals surface area contributed by atoms with E-state index >= 15 is 0 Å². The van der Waals surface area contributed by atoms with Gasteiger partial charge < -0.3 is 0 Å². The van der Waals surface area contributed by atoms with Crippen LogP contribution in [0.2, 0.25) is 10.0 Å². The Bertz CT molecular complexity index is 1530. The van der Waals surface area contributed by atoms with E-state index in [1.807, 2.05) is 66.1 Å². The number of aromatic nitrogens is 5.